The van der Waals surface area contributed by atoms with E-state index in [0.29, 0.717) is 0 Å². The number of aromatic nitrogens is 2. The number of ether oxygens (including phenoxy) is 1. The highest BCUT2D eigenvalue weighted by molar-refractivity contribution is 5.73. The molecule has 7 nitrogen and oxygen atoms in total. The molecular weight excluding hydrogens is 372 g/mol. The zero-order valence-electron chi connectivity index (χ0n) is 13.5. The van der Waals surface area contributed by atoms with Gasteiger partial charge in [0.2, 0.25) is 0 Å². The van der Waals surface area contributed by atoms with Gasteiger partial charge in [-0.15, -0.1) is 0 Å². The number of hydrogen-bond donors (Lipinski definition) is 1. The fourth-order valence-corrected chi connectivity index (χ4v) is 2.67. The number of nitrogen functional groups attached to an aromatic ring is 1. The standard InChI is InChI=1S/C16H10F4N4O3/c1-7-2-3-9-13(10(17)4-8(6-21)14(9)27-7)23-12(25)5-11(16(18,19)20)24(22)15(23)26/h2-5,7H,22H2,1H3. The predicted octanol–water partition coefficient (Wildman–Crippen LogP) is 1.54. The summed E-state index contributed by atoms with van der Waals surface area (Å²) in [7, 11) is 0. The second-order valence-electron chi connectivity index (χ2n) is 5.64. The Hall–Kier alpha value is -3.55. The van der Waals surface area contributed by atoms with Gasteiger partial charge in [-0.2, -0.15) is 18.4 Å². The maximum atomic E-state index is 14.6. The van der Waals surface area contributed by atoms with Crippen molar-refractivity contribution in [1.29, 1.82) is 5.26 Å². The Labute approximate surface area is 148 Å². The lowest BCUT2D eigenvalue weighted by Gasteiger charge is -2.23. The largest absolute Gasteiger partial charge is 0.485 e. The monoisotopic (exact) mass is 382 g/mol. The summed E-state index contributed by atoms with van der Waals surface area (Å²) in [5, 5.41) is 9.14. The summed E-state index contributed by atoms with van der Waals surface area (Å²) >= 11 is 0. The summed E-state index contributed by atoms with van der Waals surface area (Å²) in [6.45, 7) is 1.63. The van der Waals surface area contributed by atoms with Crippen LogP contribution in [0.15, 0.2) is 27.8 Å². The fraction of sp³-hybridized carbons (Fsp3) is 0.188. The summed E-state index contributed by atoms with van der Waals surface area (Å²) < 4.78 is 58.7. The summed E-state index contributed by atoms with van der Waals surface area (Å²) in [6, 6.07) is 2.53. The molecule has 0 radical (unpaired) electrons. The number of hydrogen-bond acceptors (Lipinski definition) is 5. The van der Waals surface area contributed by atoms with Crippen LogP contribution in [0.25, 0.3) is 11.8 Å². The molecule has 1 aromatic heterocycles. The van der Waals surface area contributed by atoms with Gasteiger partial charge in [0.05, 0.1) is 5.56 Å². The second-order valence-corrected chi connectivity index (χ2v) is 5.64. The summed E-state index contributed by atoms with van der Waals surface area (Å²) in [4.78, 5) is 24.5. The number of fused-ring (bicyclic) bond motifs is 1. The van der Waals surface area contributed by atoms with Crippen molar-refractivity contribution in [2.24, 2.45) is 0 Å². The number of rotatable bonds is 1. The third kappa shape index (κ3) is 2.84. The van der Waals surface area contributed by atoms with E-state index in [9.17, 15) is 27.2 Å². The van der Waals surface area contributed by atoms with Crippen LogP contribution in [-0.2, 0) is 6.18 Å². The molecule has 0 spiro atoms. The predicted molar refractivity (Wildman–Crippen MR) is 85.2 cm³/mol. The smallest absolute Gasteiger partial charge is 0.433 e. The average molecular weight is 382 g/mol. The van der Waals surface area contributed by atoms with Crippen LogP contribution < -0.4 is 21.8 Å². The Morgan fingerprint density at radius 2 is 1.96 bits per heavy atom. The molecule has 0 bridgehead atoms. The van der Waals surface area contributed by atoms with Crippen molar-refractivity contribution in [3.05, 3.63) is 61.7 Å². The lowest BCUT2D eigenvalue weighted by Crippen LogP contribution is -2.45. The molecule has 0 fully saturated rings. The second kappa shape index (κ2) is 6.01. The van der Waals surface area contributed by atoms with Gasteiger partial charge in [-0.05, 0) is 25.1 Å². The normalized spacial score (nSPS) is 15.8. The Kier molecular flexibility index (Phi) is 4.06. The number of halogens is 4. The van der Waals surface area contributed by atoms with Crippen LogP contribution >= 0.6 is 0 Å². The molecule has 27 heavy (non-hydrogen) atoms. The van der Waals surface area contributed by atoms with E-state index in [1.54, 1.807) is 13.0 Å². The van der Waals surface area contributed by atoms with Crippen LogP contribution in [0, 0.1) is 17.1 Å². The first-order chi connectivity index (χ1) is 12.6. The van der Waals surface area contributed by atoms with Gasteiger partial charge < -0.3 is 10.6 Å². The highest BCUT2D eigenvalue weighted by atomic mass is 19.4. The number of nitriles is 1. The van der Waals surface area contributed by atoms with Gasteiger partial charge in [-0.3, -0.25) is 4.79 Å². The van der Waals surface area contributed by atoms with Crippen molar-refractivity contribution in [1.82, 2.24) is 9.24 Å². The summed E-state index contributed by atoms with van der Waals surface area (Å²) in [5.41, 5.74) is -5.72. The fourth-order valence-electron chi connectivity index (χ4n) is 2.67. The van der Waals surface area contributed by atoms with E-state index >= 15 is 0 Å². The van der Waals surface area contributed by atoms with E-state index in [1.807, 2.05) is 0 Å². The lowest BCUT2D eigenvalue weighted by atomic mass is 10.0. The summed E-state index contributed by atoms with van der Waals surface area (Å²) in [6.07, 6.45) is -2.78. The highest BCUT2D eigenvalue weighted by Crippen LogP contribution is 2.35. The van der Waals surface area contributed by atoms with E-state index in [-0.39, 0.29) is 32.2 Å². The molecule has 3 rings (SSSR count). The average Bonchev–Trinajstić information content (AvgIpc) is 2.58. The van der Waals surface area contributed by atoms with Gasteiger partial charge in [0.25, 0.3) is 5.56 Å². The van der Waals surface area contributed by atoms with Gasteiger partial charge in [-0.25, -0.2) is 18.4 Å². The molecule has 0 aliphatic carbocycles. The van der Waals surface area contributed by atoms with Gasteiger partial charge >= 0.3 is 11.9 Å². The summed E-state index contributed by atoms with van der Waals surface area (Å²) in [5.74, 6) is 3.91. The highest BCUT2D eigenvalue weighted by Gasteiger charge is 2.36. The zero-order chi connectivity index (χ0) is 20.1. The molecule has 1 aliphatic rings. The molecule has 1 aliphatic heterocycles. The molecular formula is C16H10F4N4O3. The quantitative estimate of drug-likeness (QED) is 0.595. The molecule has 0 saturated carbocycles. The Balaban J connectivity index is 2.42. The molecule has 11 heteroatoms. The maximum absolute atomic E-state index is 14.6. The van der Waals surface area contributed by atoms with E-state index in [0.717, 1.165) is 6.07 Å². The minimum Gasteiger partial charge on any atom is -0.485 e. The molecule has 140 valence electrons. The van der Waals surface area contributed by atoms with E-state index in [1.165, 1.54) is 12.2 Å². The first-order valence-corrected chi connectivity index (χ1v) is 7.39. The van der Waals surface area contributed by atoms with Crippen LogP contribution in [0.4, 0.5) is 17.6 Å². The van der Waals surface area contributed by atoms with Crippen LogP contribution in [0.1, 0.15) is 23.7 Å². The van der Waals surface area contributed by atoms with Crippen LogP contribution in [-0.4, -0.2) is 15.3 Å². The van der Waals surface area contributed by atoms with Crippen molar-refractivity contribution < 1.29 is 22.3 Å². The third-order valence-electron chi connectivity index (χ3n) is 3.85. The zero-order valence-corrected chi connectivity index (χ0v) is 13.5. The van der Waals surface area contributed by atoms with Gasteiger partial charge in [0, 0.05) is 11.6 Å². The lowest BCUT2D eigenvalue weighted by molar-refractivity contribution is -0.143. The first-order valence-electron chi connectivity index (χ1n) is 7.39. The van der Waals surface area contributed by atoms with E-state index < -0.39 is 40.7 Å². The molecule has 1 unspecified atom stereocenters. The molecule has 1 atom stereocenters. The Bertz CT molecular complexity index is 1140. The van der Waals surface area contributed by atoms with Crippen molar-refractivity contribution in [3.8, 4) is 17.5 Å². The van der Waals surface area contributed by atoms with Crippen molar-refractivity contribution in [3.63, 3.8) is 0 Å². The van der Waals surface area contributed by atoms with Crippen molar-refractivity contribution in [2.45, 2.75) is 19.2 Å². The van der Waals surface area contributed by atoms with Gasteiger partial charge in [-0.1, -0.05) is 0 Å². The van der Waals surface area contributed by atoms with Crippen LogP contribution in [0.5, 0.6) is 5.75 Å². The first kappa shape index (κ1) is 18.2. The molecule has 2 N–H and O–H groups in total. The molecule has 0 saturated heterocycles. The van der Waals surface area contributed by atoms with E-state index in [2.05, 4.69) is 0 Å². The van der Waals surface area contributed by atoms with E-state index in [4.69, 9.17) is 15.8 Å². The Morgan fingerprint density at radius 3 is 2.56 bits per heavy atom. The molecule has 1 aromatic carbocycles. The third-order valence-corrected chi connectivity index (χ3v) is 3.85. The van der Waals surface area contributed by atoms with Gasteiger partial charge in [0.1, 0.15) is 29.4 Å². The maximum Gasteiger partial charge on any atom is 0.433 e. The SMILES string of the molecule is CC1C=Cc2c(c(C#N)cc(F)c2-n2c(=O)cc(C(F)(F)F)n(N)c2=O)O1. The molecule has 2 heterocycles. The van der Waals surface area contributed by atoms with Crippen LogP contribution in [0.2, 0.25) is 0 Å². The molecule has 0 amide bonds. The minimum atomic E-state index is -5.06. The minimum absolute atomic E-state index is 0.0848. The van der Waals surface area contributed by atoms with Crippen molar-refractivity contribution >= 4 is 6.08 Å². The number of nitrogens with zero attached hydrogens (tertiary/aromatic N) is 3. The number of nitrogens with two attached hydrogens (primary N) is 1. The van der Waals surface area contributed by atoms with Crippen molar-refractivity contribution in [2.75, 3.05) is 5.84 Å². The molecule has 2 aromatic rings. The Morgan fingerprint density at radius 1 is 1.30 bits per heavy atom. The number of benzene rings is 1. The number of alkyl halides is 3. The van der Waals surface area contributed by atoms with Gasteiger partial charge in [0.15, 0.2) is 5.69 Å². The van der Waals surface area contributed by atoms with Crippen LogP contribution in [0.3, 0.4) is 0 Å². The topological polar surface area (TPSA) is 103 Å².